The number of ether oxygens (including phenoxy) is 1. The third-order valence-electron chi connectivity index (χ3n) is 2.55. The fraction of sp³-hybridized carbons (Fsp3) is 0.385. The number of esters is 1. The van der Waals surface area contributed by atoms with Crippen LogP contribution in [0.3, 0.4) is 0 Å². The summed E-state index contributed by atoms with van der Waals surface area (Å²) in [6.45, 7) is 0.541. The van der Waals surface area contributed by atoms with Crippen molar-refractivity contribution < 1.29 is 14.3 Å². The average molecular weight is 361 g/mol. The molecule has 0 unspecified atom stereocenters. The van der Waals surface area contributed by atoms with Crippen LogP contribution < -0.4 is 0 Å². The van der Waals surface area contributed by atoms with Gasteiger partial charge in [-0.2, -0.15) is 0 Å². The lowest BCUT2D eigenvalue weighted by Gasteiger charge is -2.17. The molecule has 0 atom stereocenters. The molecule has 1 amide bonds. The molecule has 1 rings (SSSR count). The van der Waals surface area contributed by atoms with Gasteiger partial charge in [-0.1, -0.05) is 12.1 Å². The largest absolute Gasteiger partial charge is 0.469 e. The van der Waals surface area contributed by atoms with Gasteiger partial charge in [0.25, 0.3) is 5.91 Å². The zero-order valence-electron chi connectivity index (χ0n) is 10.5. The van der Waals surface area contributed by atoms with Crippen LogP contribution in [-0.2, 0) is 9.53 Å². The lowest BCUT2D eigenvalue weighted by atomic mass is 10.2. The highest BCUT2D eigenvalue weighted by Crippen LogP contribution is 2.13. The molecule has 4 nitrogen and oxygen atoms in total. The van der Waals surface area contributed by atoms with Gasteiger partial charge in [0.1, 0.15) is 0 Å². The lowest BCUT2D eigenvalue weighted by Crippen LogP contribution is -2.28. The third kappa shape index (κ3) is 4.29. The summed E-state index contributed by atoms with van der Waals surface area (Å²) >= 11 is 2.14. The maximum atomic E-state index is 12.1. The minimum atomic E-state index is -0.245. The quantitative estimate of drug-likeness (QED) is 0.597. The van der Waals surface area contributed by atoms with Crippen molar-refractivity contribution in [3.05, 3.63) is 33.4 Å². The van der Waals surface area contributed by atoms with Gasteiger partial charge < -0.3 is 9.64 Å². The number of rotatable bonds is 5. The number of nitrogens with zero attached hydrogens (tertiary/aromatic N) is 1. The predicted molar refractivity (Wildman–Crippen MR) is 77.4 cm³/mol. The van der Waals surface area contributed by atoms with Gasteiger partial charge in [0.15, 0.2) is 0 Å². The second-order valence-electron chi connectivity index (χ2n) is 3.89. The maximum absolute atomic E-state index is 12.1. The number of carbonyl (C=O) groups is 2. The standard InChI is InChI=1S/C13H16INO3/c1-15(9-5-8-12(16)18-2)13(17)10-6-3-4-7-11(10)14/h3-4,6-7H,5,8-9H2,1-2H3. The van der Waals surface area contributed by atoms with Crippen molar-refractivity contribution in [2.24, 2.45) is 0 Å². The zero-order valence-corrected chi connectivity index (χ0v) is 12.6. The Morgan fingerprint density at radius 3 is 2.61 bits per heavy atom. The van der Waals surface area contributed by atoms with Gasteiger partial charge in [-0.05, 0) is 41.1 Å². The fourth-order valence-electron chi connectivity index (χ4n) is 1.50. The van der Waals surface area contributed by atoms with Crippen LogP contribution in [0.15, 0.2) is 24.3 Å². The molecule has 0 aromatic heterocycles. The number of hydrogen-bond acceptors (Lipinski definition) is 3. The molecule has 0 radical (unpaired) electrons. The van der Waals surface area contributed by atoms with E-state index in [9.17, 15) is 9.59 Å². The van der Waals surface area contributed by atoms with E-state index in [-0.39, 0.29) is 11.9 Å². The summed E-state index contributed by atoms with van der Waals surface area (Å²) in [7, 11) is 3.10. The second-order valence-corrected chi connectivity index (χ2v) is 5.05. The molecule has 5 heteroatoms. The summed E-state index contributed by atoms with van der Waals surface area (Å²) in [5.41, 5.74) is 0.693. The highest BCUT2D eigenvalue weighted by Gasteiger charge is 2.14. The summed E-state index contributed by atoms with van der Waals surface area (Å²) in [5.74, 6) is -0.269. The molecule has 0 heterocycles. The zero-order chi connectivity index (χ0) is 13.5. The number of amides is 1. The molecule has 1 aromatic carbocycles. The molecule has 0 fully saturated rings. The van der Waals surface area contributed by atoms with Gasteiger partial charge in [0.2, 0.25) is 0 Å². The summed E-state index contributed by atoms with van der Waals surface area (Å²) in [6, 6.07) is 7.45. The van der Waals surface area contributed by atoms with Crippen molar-refractivity contribution >= 4 is 34.5 Å². The Bertz CT molecular complexity index is 434. The minimum absolute atomic E-state index is 0.0233. The average Bonchev–Trinajstić information content (AvgIpc) is 2.38. The van der Waals surface area contributed by atoms with Crippen LogP contribution in [0, 0.1) is 3.57 Å². The smallest absolute Gasteiger partial charge is 0.305 e. The highest BCUT2D eigenvalue weighted by molar-refractivity contribution is 14.1. The van der Waals surface area contributed by atoms with E-state index < -0.39 is 0 Å². The molecule has 18 heavy (non-hydrogen) atoms. The van der Waals surface area contributed by atoms with Crippen LogP contribution in [0.5, 0.6) is 0 Å². The Kier molecular flexibility index (Phi) is 6.11. The molecule has 0 aliphatic rings. The van der Waals surface area contributed by atoms with Gasteiger partial charge in [0.05, 0.1) is 12.7 Å². The molecular weight excluding hydrogens is 345 g/mol. The first-order chi connectivity index (χ1) is 8.56. The van der Waals surface area contributed by atoms with Crippen molar-refractivity contribution in [1.82, 2.24) is 4.90 Å². The normalized spacial score (nSPS) is 9.94. The first-order valence-electron chi connectivity index (χ1n) is 5.63. The first kappa shape index (κ1) is 14.9. The lowest BCUT2D eigenvalue weighted by molar-refractivity contribution is -0.140. The Morgan fingerprint density at radius 2 is 2.00 bits per heavy atom. The number of carbonyl (C=O) groups excluding carboxylic acids is 2. The second kappa shape index (κ2) is 7.35. The topological polar surface area (TPSA) is 46.6 Å². The van der Waals surface area contributed by atoms with Gasteiger partial charge in [-0.15, -0.1) is 0 Å². The maximum Gasteiger partial charge on any atom is 0.305 e. The van der Waals surface area contributed by atoms with E-state index in [1.54, 1.807) is 18.0 Å². The van der Waals surface area contributed by atoms with Crippen LogP contribution >= 0.6 is 22.6 Å². The molecular formula is C13H16INO3. The van der Waals surface area contributed by atoms with E-state index in [2.05, 4.69) is 27.3 Å². The van der Waals surface area contributed by atoms with Gasteiger partial charge >= 0.3 is 5.97 Å². The van der Waals surface area contributed by atoms with E-state index in [0.29, 0.717) is 24.9 Å². The molecule has 1 aromatic rings. The molecule has 0 spiro atoms. The molecule has 0 aliphatic heterocycles. The van der Waals surface area contributed by atoms with Crippen LogP contribution in [0.4, 0.5) is 0 Å². The van der Waals surface area contributed by atoms with Gasteiger partial charge in [-0.25, -0.2) is 0 Å². The van der Waals surface area contributed by atoms with Crippen molar-refractivity contribution in [2.45, 2.75) is 12.8 Å². The molecule has 0 N–H and O–H groups in total. The first-order valence-corrected chi connectivity index (χ1v) is 6.71. The minimum Gasteiger partial charge on any atom is -0.469 e. The Morgan fingerprint density at radius 1 is 1.33 bits per heavy atom. The van der Waals surface area contributed by atoms with Gasteiger partial charge in [-0.3, -0.25) is 9.59 Å². The van der Waals surface area contributed by atoms with E-state index in [1.807, 2.05) is 18.2 Å². The van der Waals surface area contributed by atoms with Crippen molar-refractivity contribution in [3.8, 4) is 0 Å². The molecule has 0 bridgehead atoms. The molecule has 0 aliphatic carbocycles. The number of halogens is 1. The molecule has 0 saturated carbocycles. The fourth-order valence-corrected chi connectivity index (χ4v) is 2.12. The van der Waals surface area contributed by atoms with Crippen molar-refractivity contribution in [2.75, 3.05) is 20.7 Å². The van der Waals surface area contributed by atoms with Crippen LogP contribution in [0.1, 0.15) is 23.2 Å². The van der Waals surface area contributed by atoms with Crippen molar-refractivity contribution in [3.63, 3.8) is 0 Å². The Labute approximate surface area is 120 Å². The highest BCUT2D eigenvalue weighted by atomic mass is 127. The van der Waals surface area contributed by atoms with Crippen molar-refractivity contribution in [1.29, 1.82) is 0 Å². The Hall–Kier alpha value is -1.11. The number of methoxy groups -OCH3 is 1. The number of hydrogen-bond donors (Lipinski definition) is 0. The van der Waals surface area contributed by atoms with E-state index in [1.165, 1.54) is 7.11 Å². The van der Waals surface area contributed by atoms with E-state index >= 15 is 0 Å². The Balaban J connectivity index is 2.52. The third-order valence-corrected chi connectivity index (χ3v) is 3.49. The van der Waals surface area contributed by atoms with E-state index in [0.717, 1.165) is 3.57 Å². The van der Waals surface area contributed by atoms with Crippen LogP contribution in [-0.4, -0.2) is 37.5 Å². The molecule has 98 valence electrons. The SMILES string of the molecule is COC(=O)CCCN(C)C(=O)c1ccccc1I. The number of benzene rings is 1. The summed E-state index contributed by atoms with van der Waals surface area (Å²) in [5, 5.41) is 0. The van der Waals surface area contributed by atoms with E-state index in [4.69, 9.17) is 0 Å². The molecule has 0 saturated heterocycles. The monoisotopic (exact) mass is 361 g/mol. The summed E-state index contributed by atoms with van der Waals surface area (Å²) < 4.78 is 5.48. The van der Waals surface area contributed by atoms with Gasteiger partial charge in [0, 0.05) is 23.6 Å². The summed E-state index contributed by atoms with van der Waals surface area (Å²) in [6.07, 6.45) is 0.943. The van der Waals surface area contributed by atoms with Crippen LogP contribution in [0.2, 0.25) is 0 Å². The van der Waals surface area contributed by atoms with Crippen LogP contribution in [0.25, 0.3) is 0 Å². The predicted octanol–water partition coefficient (Wildman–Crippen LogP) is 2.32. The summed E-state index contributed by atoms with van der Waals surface area (Å²) in [4.78, 5) is 24.7.